The van der Waals surface area contributed by atoms with Crippen LogP contribution in [0.25, 0.3) is 16.6 Å². The number of urea groups is 1. The van der Waals surface area contributed by atoms with Gasteiger partial charge in [-0.3, -0.25) is 9.36 Å². The summed E-state index contributed by atoms with van der Waals surface area (Å²) in [5, 5.41) is 4.05. The molecule has 1 unspecified atom stereocenters. The van der Waals surface area contributed by atoms with Crippen LogP contribution in [0.1, 0.15) is 51.0 Å². The zero-order chi connectivity index (χ0) is 25.7. The van der Waals surface area contributed by atoms with Gasteiger partial charge in [0.05, 0.1) is 22.6 Å². The van der Waals surface area contributed by atoms with Crippen LogP contribution in [0.5, 0.6) is 0 Å². The number of benzene rings is 3. The molecule has 0 aliphatic rings. The van der Waals surface area contributed by atoms with Crippen LogP contribution in [0.4, 0.5) is 10.5 Å². The molecular formula is C29H31ClN4O2. The van der Waals surface area contributed by atoms with Crippen LogP contribution in [0.15, 0.2) is 77.6 Å². The van der Waals surface area contributed by atoms with E-state index >= 15 is 0 Å². The maximum atomic E-state index is 13.8. The molecule has 0 fully saturated rings. The number of aryl methyl sites for hydroxylation is 1. The van der Waals surface area contributed by atoms with Crippen molar-refractivity contribution in [2.45, 2.75) is 46.1 Å². The molecule has 1 N–H and O–H groups in total. The molecule has 0 aliphatic carbocycles. The number of carbonyl (C=O) groups is 1. The smallest absolute Gasteiger partial charge is 0.314 e. The van der Waals surface area contributed by atoms with E-state index in [1.54, 1.807) is 39.8 Å². The molecule has 0 radical (unpaired) electrons. The minimum atomic E-state index is -0.424. The van der Waals surface area contributed by atoms with Crippen LogP contribution >= 0.6 is 11.6 Å². The number of nitrogens with zero attached hydrogens (tertiary/aromatic N) is 3. The lowest BCUT2D eigenvalue weighted by Crippen LogP contribution is -2.41. The number of carbonyl (C=O) groups excluding carboxylic acids is 1. The SMILES string of the molecule is CCCN(C(=O)Nc1cccc(Cl)c1)C(CC)c1nc2ccccc2c(=O)n1-c1ccc(CC)cc1. The first-order valence-corrected chi connectivity index (χ1v) is 12.8. The van der Waals surface area contributed by atoms with Crippen molar-refractivity contribution in [3.05, 3.63) is 99.6 Å². The summed E-state index contributed by atoms with van der Waals surface area (Å²) >= 11 is 6.12. The first-order chi connectivity index (χ1) is 17.5. The molecule has 3 aromatic carbocycles. The van der Waals surface area contributed by atoms with E-state index in [2.05, 4.69) is 12.2 Å². The summed E-state index contributed by atoms with van der Waals surface area (Å²) in [6.07, 6.45) is 2.24. The average molecular weight is 503 g/mol. The van der Waals surface area contributed by atoms with Crippen LogP contribution in [0.2, 0.25) is 5.02 Å². The second-order valence-electron chi connectivity index (χ2n) is 8.71. The highest BCUT2D eigenvalue weighted by atomic mass is 35.5. The number of fused-ring (bicyclic) bond motifs is 1. The van der Waals surface area contributed by atoms with Gasteiger partial charge in [-0.25, -0.2) is 9.78 Å². The van der Waals surface area contributed by atoms with Crippen molar-refractivity contribution in [1.29, 1.82) is 0 Å². The molecule has 1 atom stereocenters. The van der Waals surface area contributed by atoms with E-state index in [0.29, 0.717) is 40.4 Å². The van der Waals surface area contributed by atoms with Crippen molar-refractivity contribution >= 4 is 34.2 Å². The minimum absolute atomic E-state index is 0.148. The fraction of sp³-hybridized carbons (Fsp3) is 0.276. The molecule has 4 aromatic rings. The first kappa shape index (κ1) is 25.5. The number of para-hydroxylation sites is 1. The Kier molecular flexibility index (Phi) is 8.06. The second-order valence-corrected chi connectivity index (χ2v) is 9.14. The van der Waals surface area contributed by atoms with Gasteiger partial charge in [-0.05, 0) is 67.3 Å². The van der Waals surface area contributed by atoms with Gasteiger partial charge in [0, 0.05) is 17.3 Å². The molecule has 1 heterocycles. The molecule has 0 spiro atoms. The summed E-state index contributed by atoms with van der Waals surface area (Å²) in [6.45, 7) is 6.63. The summed E-state index contributed by atoms with van der Waals surface area (Å²) in [4.78, 5) is 34.0. The van der Waals surface area contributed by atoms with Gasteiger partial charge >= 0.3 is 6.03 Å². The Balaban J connectivity index is 1.86. The molecule has 0 saturated carbocycles. The van der Waals surface area contributed by atoms with Crippen molar-refractivity contribution in [3.8, 4) is 5.69 Å². The molecule has 0 bridgehead atoms. The van der Waals surface area contributed by atoms with E-state index in [4.69, 9.17) is 16.6 Å². The Labute approximate surface area is 216 Å². The largest absolute Gasteiger partial charge is 0.322 e. The minimum Gasteiger partial charge on any atom is -0.314 e. The number of nitrogens with one attached hydrogen (secondary N) is 1. The van der Waals surface area contributed by atoms with Gasteiger partial charge in [-0.1, -0.05) is 62.7 Å². The average Bonchev–Trinajstić information content (AvgIpc) is 2.89. The number of hydrogen-bond acceptors (Lipinski definition) is 3. The molecule has 6 nitrogen and oxygen atoms in total. The lowest BCUT2D eigenvalue weighted by molar-refractivity contribution is 0.181. The summed E-state index contributed by atoms with van der Waals surface area (Å²) < 4.78 is 1.66. The molecule has 0 aliphatic heterocycles. The van der Waals surface area contributed by atoms with Gasteiger partial charge in [0.1, 0.15) is 5.82 Å². The van der Waals surface area contributed by atoms with Gasteiger partial charge in [-0.2, -0.15) is 0 Å². The highest BCUT2D eigenvalue weighted by Crippen LogP contribution is 2.27. The number of halogens is 1. The number of aromatic nitrogens is 2. The lowest BCUT2D eigenvalue weighted by atomic mass is 10.1. The van der Waals surface area contributed by atoms with E-state index in [0.717, 1.165) is 18.5 Å². The fourth-order valence-corrected chi connectivity index (χ4v) is 4.64. The number of amides is 2. The van der Waals surface area contributed by atoms with Crippen molar-refractivity contribution in [2.24, 2.45) is 0 Å². The Morgan fingerprint density at radius 3 is 2.44 bits per heavy atom. The highest BCUT2D eigenvalue weighted by molar-refractivity contribution is 6.30. The zero-order valence-electron chi connectivity index (χ0n) is 20.9. The third-order valence-electron chi connectivity index (χ3n) is 6.27. The highest BCUT2D eigenvalue weighted by Gasteiger charge is 2.29. The molecule has 186 valence electrons. The third kappa shape index (κ3) is 5.29. The molecule has 1 aromatic heterocycles. The molecule has 2 amide bonds. The number of anilines is 1. The summed E-state index contributed by atoms with van der Waals surface area (Å²) in [7, 11) is 0. The Hall–Kier alpha value is -3.64. The molecule has 0 saturated heterocycles. The predicted molar refractivity (Wildman–Crippen MR) is 147 cm³/mol. The van der Waals surface area contributed by atoms with Crippen LogP contribution in [0, 0.1) is 0 Å². The maximum Gasteiger partial charge on any atom is 0.322 e. The van der Waals surface area contributed by atoms with Crippen molar-refractivity contribution in [3.63, 3.8) is 0 Å². The first-order valence-electron chi connectivity index (χ1n) is 12.4. The van der Waals surface area contributed by atoms with Gasteiger partial charge < -0.3 is 10.2 Å². The van der Waals surface area contributed by atoms with Crippen LogP contribution in [0.3, 0.4) is 0 Å². The van der Waals surface area contributed by atoms with E-state index < -0.39 is 6.04 Å². The normalized spacial score (nSPS) is 11.9. The maximum absolute atomic E-state index is 13.8. The number of hydrogen-bond donors (Lipinski definition) is 1. The van der Waals surface area contributed by atoms with E-state index in [1.165, 1.54) is 5.56 Å². The van der Waals surface area contributed by atoms with Crippen LogP contribution < -0.4 is 10.9 Å². The second kappa shape index (κ2) is 11.4. The topological polar surface area (TPSA) is 67.2 Å². The Morgan fingerprint density at radius 2 is 1.78 bits per heavy atom. The van der Waals surface area contributed by atoms with E-state index in [1.807, 2.05) is 56.3 Å². The molecule has 4 rings (SSSR count). The predicted octanol–water partition coefficient (Wildman–Crippen LogP) is 7.00. The van der Waals surface area contributed by atoms with Gasteiger partial charge in [0.15, 0.2) is 0 Å². The standard InChI is InChI=1S/C29H31ClN4O2/c1-4-18-33(29(36)31-22-11-9-10-21(30)19-22)26(6-3)27-32-25-13-8-7-12-24(25)28(35)34(27)23-16-14-20(5-2)15-17-23/h7-17,19,26H,4-6,18H2,1-3H3,(H,31,36). The number of rotatable bonds is 8. The van der Waals surface area contributed by atoms with Gasteiger partial charge in [0.2, 0.25) is 0 Å². The molecular weight excluding hydrogens is 472 g/mol. The van der Waals surface area contributed by atoms with Crippen molar-refractivity contribution in [2.75, 3.05) is 11.9 Å². The molecule has 7 heteroatoms. The van der Waals surface area contributed by atoms with Gasteiger partial charge in [-0.15, -0.1) is 0 Å². The Bertz CT molecular complexity index is 1420. The third-order valence-corrected chi connectivity index (χ3v) is 6.50. The Morgan fingerprint density at radius 1 is 1.03 bits per heavy atom. The monoisotopic (exact) mass is 502 g/mol. The molecule has 36 heavy (non-hydrogen) atoms. The van der Waals surface area contributed by atoms with Crippen LogP contribution in [-0.2, 0) is 6.42 Å². The quantitative estimate of drug-likeness (QED) is 0.282. The van der Waals surface area contributed by atoms with E-state index in [9.17, 15) is 9.59 Å². The van der Waals surface area contributed by atoms with Gasteiger partial charge in [0.25, 0.3) is 5.56 Å². The summed E-state index contributed by atoms with van der Waals surface area (Å²) in [5.74, 6) is 0.542. The van der Waals surface area contributed by atoms with E-state index in [-0.39, 0.29) is 11.6 Å². The van der Waals surface area contributed by atoms with Crippen molar-refractivity contribution < 1.29 is 4.79 Å². The lowest BCUT2D eigenvalue weighted by Gasteiger charge is -2.32. The summed E-state index contributed by atoms with van der Waals surface area (Å²) in [5.41, 5.74) is 3.00. The van der Waals surface area contributed by atoms with Crippen molar-refractivity contribution in [1.82, 2.24) is 14.5 Å². The summed E-state index contributed by atoms with van der Waals surface area (Å²) in [6, 6.07) is 21.7. The van der Waals surface area contributed by atoms with Crippen LogP contribution in [-0.4, -0.2) is 27.0 Å². The zero-order valence-corrected chi connectivity index (χ0v) is 21.6. The fourth-order valence-electron chi connectivity index (χ4n) is 4.45.